The minimum absolute atomic E-state index is 0.262. The van der Waals surface area contributed by atoms with Gasteiger partial charge in [0.1, 0.15) is 18.0 Å². The summed E-state index contributed by atoms with van der Waals surface area (Å²) in [5.74, 6) is 0.542. The monoisotopic (exact) mass is 365 g/mol. The zero-order valence-corrected chi connectivity index (χ0v) is 14.8. The van der Waals surface area contributed by atoms with Crippen molar-refractivity contribution >= 4 is 43.4 Å². The fourth-order valence-corrected chi connectivity index (χ4v) is 4.39. The van der Waals surface area contributed by atoms with Crippen molar-refractivity contribution in [2.24, 2.45) is 0 Å². The summed E-state index contributed by atoms with van der Waals surface area (Å²) in [6.45, 7) is 3.36. The van der Waals surface area contributed by atoms with E-state index in [1.807, 2.05) is 18.2 Å². The number of nitrogens with zero attached hydrogens (tertiary/aromatic N) is 5. The van der Waals surface area contributed by atoms with E-state index in [9.17, 15) is 4.39 Å². The number of thiazole rings is 1. The van der Waals surface area contributed by atoms with E-state index in [0.29, 0.717) is 0 Å². The molecule has 4 aromatic rings. The van der Waals surface area contributed by atoms with Crippen molar-refractivity contribution < 1.29 is 4.39 Å². The number of hydrogen-bond donors (Lipinski definition) is 0. The SMILES string of the molecule is Fc1ccc2ncnc(N3CCN(c4nc5ccccc5s4)CC3)c2c1. The summed E-state index contributed by atoms with van der Waals surface area (Å²) < 4.78 is 14.9. The Morgan fingerprint density at radius 1 is 0.885 bits per heavy atom. The molecule has 2 aromatic heterocycles. The van der Waals surface area contributed by atoms with Gasteiger partial charge in [-0.15, -0.1) is 0 Å². The van der Waals surface area contributed by atoms with Gasteiger partial charge in [-0.1, -0.05) is 23.5 Å². The Morgan fingerprint density at radius 3 is 2.54 bits per heavy atom. The Labute approximate surface area is 153 Å². The maximum Gasteiger partial charge on any atom is 0.186 e. The van der Waals surface area contributed by atoms with Crippen LogP contribution < -0.4 is 9.80 Å². The second-order valence-corrected chi connectivity index (χ2v) is 7.31. The molecule has 2 aromatic carbocycles. The third kappa shape index (κ3) is 2.64. The highest BCUT2D eigenvalue weighted by molar-refractivity contribution is 7.22. The van der Waals surface area contributed by atoms with Crippen LogP contribution in [0.3, 0.4) is 0 Å². The maximum atomic E-state index is 13.7. The van der Waals surface area contributed by atoms with E-state index < -0.39 is 0 Å². The topological polar surface area (TPSA) is 45.2 Å². The molecule has 0 saturated carbocycles. The number of piperazine rings is 1. The molecule has 0 N–H and O–H groups in total. The van der Waals surface area contributed by atoms with Crippen molar-refractivity contribution in [3.05, 3.63) is 54.6 Å². The van der Waals surface area contributed by atoms with E-state index in [1.54, 1.807) is 23.7 Å². The van der Waals surface area contributed by atoms with Gasteiger partial charge in [0, 0.05) is 31.6 Å². The second-order valence-electron chi connectivity index (χ2n) is 6.30. The molecule has 1 fully saturated rings. The van der Waals surface area contributed by atoms with E-state index >= 15 is 0 Å². The minimum Gasteiger partial charge on any atom is -0.352 e. The van der Waals surface area contributed by atoms with Gasteiger partial charge in [-0.3, -0.25) is 0 Å². The van der Waals surface area contributed by atoms with Gasteiger partial charge >= 0.3 is 0 Å². The molecule has 0 atom stereocenters. The summed E-state index contributed by atoms with van der Waals surface area (Å²) in [6.07, 6.45) is 1.55. The van der Waals surface area contributed by atoms with Crippen LogP contribution in [-0.4, -0.2) is 41.1 Å². The number of fused-ring (bicyclic) bond motifs is 2. The summed E-state index contributed by atoms with van der Waals surface area (Å²) in [4.78, 5) is 17.9. The second kappa shape index (κ2) is 6.17. The molecule has 26 heavy (non-hydrogen) atoms. The predicted molar refractivity (Wildman–Crippen MR) is 104 cm³/mol. The number of rotatable bonds is 2. The number of anilines is 2. The van der Waals surface area contributed by atoms with Crippen LogP contribution in [0.4, 0.5) is 15.3 Å². The first-order valence-electron chi connectivity index (χ1n) is 8.54. The van der Waals surface area contributed by atoms with Crippen molar-refractivity contribution in [2.45, 2.75) is 0 Å². The molecule has 1 saturated heterocycles. The lowest BCUT2D eigenvalue weighted by molar-refractivity contribution is 0.628. The van der Waals surface area contributed by atoms with Gasteiger partial charge in [0.2, 0.25) is 0 Å². The van der Waals surface area contributed by atoms with E-state index in [1.165, 1.54) is 16.8 Å². The van der Waals surface area contributed by atoms with Gasteiger partial charge in [0.25, 0.3) is 0 Å². The average Bonchev–Trinajstić information content (AvgIpc) is 3.12. The quantitative estimate of drug-likeness (QED) is 0.542. The molecule has 1 aliphatic heterocycles. The molecular weight excluding hydrogens is 349 g/mol. The number of para-hydroxylation sites is 1. The zero-order valence-electron chi connectivity index (χ0n) is 14.0. The Kier molecular flexibility index (Phi) is 3.67. The molecule has 0 amide bonds. The van der Waals surface area contributed by atoms with Gasteiger partial charge in [0.15, 0.2) is 5.13 Å². The van der Waals surface area contributed by atoms with Crippen LogP contribution in [0.25, 0.3) is 21.1 Å². The molecule has 0 bridgehead atoms. The van der Waals surface area contributed by atoms with Crippen LogP contribution in [0.1, 0.15) is 0 Å². The predicted octanol–water partition coefficient (Wildman–Crippen LogP) is 3.71. The standard InChI is InChI=1S/C19H16FN5S/c20-13-5-6-15-14(11-13)18(22-12-21-15)24-7-9-25(10-8-24)19-23-16-3-1-2-4-17(16)26-19/h1-6,11-12H,7-10H2. The summed E-state index contributed by atoms with van der Waals surface area (Å²) in [5.41, 5.74) is 1.82. The smallest absolute Gasteiger partial charge is 0.186 e. The van der Waals surface area contributed by atoms with Crippen molar-refractivity contribution in [3.8, 4) is 0 Å². The molecule has 0 radical (unpaired) electrons. The first-order chi connectivity index (χ1) is 12.8. The number of halogens is 1. The largest absolute Gasteiger partial charge is 0.352 e. The molecule has 5 rings (SSSR count). The lowest BCUT2D eigenvalue weighted by Gasteiger charge is -2.35. The zero-order chi connectivity index (χ0) is 17.5. The Morgan fingerprint density at radius 2 is 1.69 bits per heavy atom. The van der Waals surface area contributed by atoms with Crippen LogP contribution in [-0.2, 0) is 0 Å². The fourth-order valence-electron chi connectivity index (χ4n) is 3.37. The summed E-state index contributed by atoms with van der Waals surface area (Å²) in [7, 11) is 0. The number of aromatic nitrogens is 3. The summed E-state index contributed by atoms with van der Waals surface area (Å²) in [5, 5.41) is 1.82. The van der Waals surface area contributed by atoms with Gasteiger partial charge in [-0.05, 0) is 30.3 Å². The Balaban J connectivity index is 1.39. The lowest BCUT2D eigenvalue weighted by atomic mass is 10.2. The van der Waals surface area contributed by atoms with Crippen LogP contribution >= 0.6 is 11.3 Å². The molecular formula is C19H16FN5S. The highest BCUT2D eigenvalue weighted by Crippen LogP contribution is 2.30. The van der Waals surface area contributed by atoms with Gasteiger partial charge in [-0.2, -0.15) is 0 Å². The molecule has 3 heterocycles. The molecule has 0 aliphatic carbocycles. The van der Waals surface area contributed by atoms with Crippen LogP contribution in [0.15, 0.2) is 48.8 Å². The molecule has 1 aliphatic rings. The average molecular weight is 365 g/mol. The third-order valence-corrected chi connectivity index (χ3v) is 5.81. The maximum absolute atomic E-state index is 13.7. The minimum atomic E-state index is -0.262. The summed E-state index contributed by atoms with van der Waals surface area (Å²) >= 11 is 1.73. The van der Waals surface area contributed by atoms with E-state index in [4.69, 9.17) is 4.98 Å². The van der Waals surface area contributed by atoms with Crippen molar-refractivity contribution in [1.29, 1.82) is 0 Å². The van der Waals surface area contributed by atoms with Crippen molar-refractivity contribution in [1.82, 2.24) is 15.0 Å². The molecule has 0 spiro atoms. The van der Waals surface area contributed by atoms with Gasteiger partial charge in [-0.25, -0.2) is 19.3 Å². The molecule has 0 unspecified atom stereocenters. The molecule has 130 valence electrons. The lowest BCUT2D eigenvalue weighted by Crippen LogP contribution is -2.46. The third-order valence-electron chi connectivity index (χ3n) is 4.71. The number of hydrogen-bond acceptors (Lipinski definition) is 6. The van der Waals surface area contributed by atoms with E-state index in [0.717, 1.165) is 53.5 Å². The highest BCUT2D eigenvalue weighted by Gasteiger charge is 2.22. The molecule has 7 heteroatoms. The van der Waals surface area contributed by atoms with Gasteiger partial charge < -0.3 is 9.80 Å². The summed E-state index contributed by atoms with van der Waals surface area (Å²) in [6, 6.07) is 12.9. The van der Waals surface area contributed by atoms with Crippen LogP contribution in [0, 0.1) is 5.82 Å². The Bertz CT molecular complexity index is 1050. The Hall–Kier alpha value is -2.80. The highest BCUT2D eigenvalue weighted by atomic mass is 32.1. The first-order valence-corrected chi connectivity index (χ1v) is 9.35. The fraction of sp³-hybridized carbons (Fsp3) is 0.211. The normalized spacial score (nSPS) is 15.1. The first kappa shape index (κ1) is 15.5. The van der Waals surface area contributed by atoms with Crippen LogP contribution in [0.2, 0.25) is 0 Å². The van der Waals surface area contributed by atoms with Crippen LogP contribution in [0.5, 0.6) is 0 Å². The van der Waals surface area contributed by atoms with Crippen molar-refractivity contribution in [2.75, 3.05) is 36.0 Å². The van der Waals surface area contributed by atoms with Gasteiger partial charge in [0.05, 0.1) is 15.7 Å². The molecule has 5 nitrogen and oxygen atoms in total. The number of benzene rings is 2. The van der Waals surface area contributed by atoms with Crippen molar-refractivity contribution in [3.63, 3.8) is 0 Å². The van der Waals surface area contributed by atoms with E-state index in [-0.39, 0.29) is 5.82 Å². The van der Waals surface area contributed by atoms with E-state index in [2.05, 4.69) is 25.8 Å².